The summed E-state index contributed by atoms with van der Waals surface area (Å²) >= 11 is 1.39. The Morgan fingerprint density at radius 2 is 2.06 bits per heavy atom. The molecule has 1 aliphatic heterocycles. The van der Waals surface area contributed by atoms with Crippen LogP contribution in [0.15, 0.2) is 40.2 Å². The van der Waals surface area contributed by atoms with Crippen molar-refractivity contribution in [3.8, 4) is 11.3 Å². The number of halogens is 1. The number of hydrogen-bond donors (Lipinski definition) is 1. The number of benzene rings is 1. The van der Waals surface area contributed by atoms with Crippen LogP contribution in [0.3, 0.4) is 0 Å². The van der Waals surface area contributed by atoms with Gasteiger partial charge in [0.15, 0.2) is 5.13 Å². The molecule has 170 valence electrons. The molecule has 4 aromatic rings. The molecule has 1 fully saturated rings. The lowest BCUT2D eigenvalue weighted by Crippen LogP contribution is -2.32. The zero-order valence-electron chi connectivity index (χ0n) is 18.5. The predicted molar refractivity (Wildman–Crippen MR) is 126 cm³/mol. The number of fused-ring (bicyclic) bond motifs is 1. The topological polar surface area (TPSA) is 84.1 Å². The Balaban J connectivity index is 1.40. The zero-order valence-corrected chi connectivity index (χ0v) is 19.3. The number of amides is 1. The van der Waals surface area contributed by atoms with Gasteiger partial charge in [-0.05, 0) is 57.0 Å². The summed E-state index contributed by atoms with van der Waals surface area (Å²) in [6.07, 6.45) is 2.41. The predicted octanol–water partition coefficient (Wildman–Crippen LogP) is 5.28. The molecule has 9 heteroatoms. The minimum atomic E-state index is -0.427. The molecule has 0 aliphatic carbocycles. The first-order chi connectivity index (χ1) is 16.0. The van der Waals surface area contributed by atoms with Gasteiger partial charge in [0.2, 0.25) is 0 Å². The van der Waals surface area contributed by atoms with Crippen LogP contribution in [0, 0.1) is 18.7 Å². The number of aromatic nitrogens is 3. The molecule has 0 atom stereocenters. The second kappa shape index (κ2) is 8.99. The van der Waals surface area contributed by atoms with Crippen molar-refractivity contribution in [3.63, 3.8) is 0 Å². The lowest BCUT2D eigenvalue weighted by Gasteiger charge is -2.29. The van der Waals surface area contributed by atoms with Crippen molar-refractivity contribution in [1.29, 1.82) is 0 Å². The second-order valence-corrected chi connectivity index (χ2v) is 9.40. The second-order valence-electron chi connectivity index (χ2n) is 8.54. The number of nitrogens with zero attached hydrogens (tertiary/aromatic N) is 4. The molecule has 0 bridgehead atoms. The fourth-order valence-electron chi connectivity index (χ4n) is 4.13. The molecule has 4 heterocycles. The van der Waals surface area contributed by atoms with Crippen LogP contribution >= 0.6 is 11.3 Å². The summed E-state index contributed by atoms with van der Waals surface area (Å²) in [5, 5.41) is 9.84. The maximum atomic E-state index is 14.4. The molecular formula is C24H24FN5O2S. The third kappa shape index (κ3) is 4.51. The summed E-state index contributed by atoms with van der Waals surface area (Å²) in [7, 11) is 0. The number of pyridine rings is 1. The monoisotopic (exact) mass is 465 g/mol. The number of carbonyl (C=O) groups excluding carboxylic acids is 1. The van der Waals surface area contributed by atoms with E-state index in [0.717, 1.165) is 31.2 Å². The highest BCUT2D eigenvalue weighted by Gasteiger charge is 2.22. The number of carbonyl (C=O) groups is 1. The zero-order chi connectivity index (χ0) is 22.9. The molecule has 0 spiro atoms. The summed E-state index contributed by atoms with van der Waals surface area (Å²) in [5.74, 6) is -0.0125. The van der Waals surface area contributed by atoms with Crippen molar-refractivity contribution in [3.05, 3.63) is 58.5 Å². The van der Waals surface area contributed by atoms with Crippen LogP contribution in [-0.4, -0.2) is 39.0 Å². The first kappa shape index (κ1) is 21.7. The van der Waals surface area contributed by atoms with E-state index in [2.05, 4.69) is 32.3 Å². The molecule has 1 aliphatic rings. The molecule has 1 aromatic carbocycles. The van der Waals surface area contributed by atoms with E-state index in [4.69, 9.17) is 4.52 Å². The van der Waals surface area contributed by atoms with Crippen LogP contribution in [0.1, 0.15) is 41.5 Å². The number of nitrogens with one attached hydrogen (secondary N) is 1. The number of likely N-dealkylation sites (tertiary alicyclic amines) is 1. The summed E-state index contributed by atoms with van der Waals surface area (Å²) in [4.78, 5) is 24.6. The van der Waals surface area contributed by atoms with Crippen molar-refractivity contribution in [1.82, 2.24) is 20.0 Å². The highest BCUT2D eigenvalue weighted by molar-refractivity contribution is 7.14. The Kier molecular flexibility index (Phi) is 5.90. The smallest absolute Gasteiger partial charge is 0.259 e. The molecule has 3 aromatic heterocycles. The fourth-order valence-corrected chi connectivity index (χ4v) is 4.83. The SMILES string of the molecule is Cc1noc2nc(-c3ccccc3F)cc(C(=O)Nc3nc(CN4CCC(C)CC4)cs3)c12. The maximum absolute atomic E-state index is 14.4. The number of thiazole rings is 1. The van der Waals surface area contributed by atoms with E-state index in [1.807, 2.05) is 5.38 Å². The van der Waals surface area contributed by atoms with Crippen LogP contribution in [0.25, 0.3) is 22.4 Å². The molecule has 0 saturated carbocycles. The third-order valence-corrected chi connectivity index (χ3v) is 6.85. The molecule has 1 saturated heterocycles. The Labute approximate surface area is 194 Å². The fraction of sp³-hybridized carbons (Fsp3) is 0.333. The summed E-state index contributed by atoms with van der Waals surface area (Å²) in [5.41, 5.74) is 2.59. The molecule has 5 rings (SSSR count). The van der Waals surface area contributed by atoms with E-state index >= 15 is 0 Å². The summed E-state index contributed by atoms with van der Waals surface area (Å²) < 4.78 is 19.7. The van der Waals surface area contributed by atoms with E-state index in [1.165, 1.54) is 30.2 Å². The average Bonchev–Trinajstić information content (AvgIpc) is 3.41. The average molecular weight is 466 g/mol. The largest absolute Gasteiger partial charge is 0.335 e. The molecule has 0 radical (unpaired) electrons. The van der Waals surface area contributed by atoms with Crippen LogP contribution in [0.4, 0.5) is 9.52 Å². The van der Waals surface area contributed by atoms with Crippen LogP contribution in [0.2, 0.25) is 0 Å². The molecule has 33 heavy (non-hydrogen) atoms. The van der Waals surface area contributed by atoms with Crippen molar-refractivity contribution >= 4 is 33.5 Å². The third-order valence-electron chi connectivity index (χ3n) is 6.05. The van der Waals surface area contributed by atoms with E-state index in [0.29, 0.717) is 27.5 Å². The lowest BCUT2D eigenvalue weighted by molar-refractivity contribution is 0.102. The van der Waals surface area contributed by atoms with Crippen LogP contribution in [-0.2, 0) is 6.54 Å². The number of anilines is 1. The Morgan fingerprint density at radius 1 is 1.27 bits per heavy atom. The van der Waals surface area contributed by atoms with E-state index in [-0.39, 0.29) is 17.2 Å². The highest BCUT2D eigenvalue weighted by atomic mass is 32.1. The van der Waals surface area contributed by atoms with Crippen molar-refractivity contribution in [2.24, 2.45) is 5.92 Å². The lowest BCUT2D eigenvalue weighted by atomic mass is 9.99. The van der Waals surface area contributed by atoms with Gasteiger partial charge in [-0.1, -0.05) is 24.2 Å². The van der Waals surface area contributed by atoms with Gasteiger partial charge in [0.1, 0.15) is 5.82 Å². The first-order valence-electron chi connectivity index (χ1n) is 11.0. The van der Waals surface area contributed by atoms with E-state index in [1.54, 1.807) is 31.2 Å². The van der Waals surface area contributed by atoms with Gasteiger partial charge in [-0.15, -0.1) is 11.3 Å². The minimum absolute atomic E-state index is 0.192. The molecule has 0 unspecified atom stereocenters. The summed E-state index contributed by atoms with van der Waals surface area (Å²) in [6, 6.07) is 7.86. The van der Waals surface area contributed by atoms with Crippen molar-refractivity contribution in [2.45, 2.75) is 33.2 Å². The van der Waals surface area contributed by atoms with E-state index < -0.39 is 5.82 Å². The Bertz CT molecular complexity index is 1310. The Hall–Kier alpha value is -3.17. The van der Waals surface area contributed by atoms with Gasteiger partial charge in [-0.2, -0.15) is 0 Å². The molecule has 7 nitrogen and oxygen atoms in total. The molecule has 1 amide bonds. The van der Waals surface area contributed by atoms with Crippen LogP contribution < -0.4 is 5.32 Å². The van der Waals surface area contributed by atoms with Gasteiger partial charge >= 0.3 is 0 Å². The molecular weight excluding hydrogens is 441 g/mol. The van der Waals surface area contributed by atoms with Crippen LogP contribution in [0.5, 0.6) is 0 Å². The maximum Gasteiger partial charge on any atom is 0.259 e. The van der Waals surface area contributed by atoms with Gasteiger partial charge in [0.05, 0.1) is 28.0 Å². The normalized spacial score (nSPS) is 15.2. The first-order valence-corrected chi connectivity index (χ1v) is 11.9. The highest BCUT2D eigenvalue weighted by Crippen LogP contribution is 2.29. The minimum Gasteiger partial charge on any atom is -0.335 e. The number of piperidine rings is 1. The van der Waals surface area contributed by atoms with Gasteiger partial charge < -0.3 is 4.52 Å². The number of hydrogen-bond acceptors (Lipinski definition) is 7. The standard InChI is InChI=1S/C24H24FN5O2S/c1-14-7-9-30(10-8-14)12-16-13-33-24(26-16)28-22(31)18-11-20(17-5-3-4-6-19(17)25)27-23-21(18)15(2)29-32-23/h3-6,11,13-14H,7-10,12H2,1-2H3,(H,26,28,31). The number of aryl methyl sites for hydroxylation is 1. The van der Waals surface area contributed by atoms with Gasteiger partial charge in [-0.3, -0.25) is 15.0 Å². The van der Waals surface area contributed by atoms with Crippen molar-refractivity contribution < 1.29 is 13.7 Å². The van der Waals surface area contributed by atoms with Gasteiger partial charge in [0, 0.05) is 17.5 Å². The van der Waals surface area contributed by atoms with Gasteiger partial charge in [-0.25, -0.2) is 14.4 Å². The Morgan fingerprint density at radius 3 is 2.85 bits per heavy atom. The number of rotatable bonds is 5. The quantitative estimate of drug-likeness (QED) is 0.432. The summed E-state index contributed by atoms with van der Waals surface area (Å²) in [6.45, 7) is 6.95. The van der Waals surface area contributed by atoms with Crippen molar-refractivity contribution in [2.75, 3.05) is 18.4 Å². The van der Waals surface area contributed by atoms with Gasteiger partial charge in [0.25, 0.3) is 11.6 Å². The van der Waals surface area contributed by atoms with E-state index in [9.17, 15) is 9.18 Å². The molecule has 1 N–H and O–H groups in total.